The lowest BCUT2D eigenvalue weighted by atomic mass is 9.69. The molecular weight excluding hydrogens is 348 g/mol. The van der Waals surface area contributed by atoms with E-state index in [9.17, 15) is 0 Å². The van der Waals surface area contributed by atoms with Crippen LogP contribution in [0.4, 0.5) is 0 Å². The van der Waals surface area contributed by atoms with Crippen molar-refractivity contribution in [3.05, 3.63) is 130 Å². The van der Waals surface area contributed by atoms with Crippen LogP contribution >= 0.6 is 0 Å². The molecule has 0 heterocycles. The monoisotopic (exact) mass is 374 g/mol. The molecule has 0 N–H and O–H groups in total. The van der Waals surface area contributed by atoms with Gasteiger partial charge in [0.25, 0.3) is 0 Å². The molecule has 1 aliphatic rings. The Kier molecular flexibility index (Phi) is 4.36. The van der Waals surface area contributed by atoms with E-state index in [1.807, 2.05) is 0 Å². The van der Waals surface area contributed by atoms with Crippen LogP contribution in [0.25, 0.3) is 11.1 Å². The molecule has 0 saturated heterocycles. The summed E-state index contributed by atoms with van der Waals surface area (Å²) in [5.41, 5.74) is 11.1. The summed E-state index contributed by atoms with van der Waals surface area (Å²) in [5.74, 6) is 0. The maximum atomic E-state index is 2.34. The van der Waals surface area contributed by atoms with Crippen LogP contribution in [0.3, 0.4) is 0 Å². The first-order valence-corrected chi connectivity index (χ1v) is 10.5. The molecule has 0 nitrogen and oxygen atoms in total. The van der Waals surface area contributed by atoms with Crippen LogP contribution in [0.1, 0.15) is 33.4 Å². The maximum absolute atomic E-state index is 2.34. The Labute approximate surface area is 173 Å². The van der Waals surface area contributed by atoms with Gasteiger partial charge in [0.1, 0.15) is 0 Å². The van der Waals surface area contributed by atoms with Crippen LogP contribution in [0.15, 0.2) is 97.1 Å². The van der Waals surface area contributed by atoms with Crippen LogP contribution in [-0.4, -0.2) is 0 Å². The summed E-state index contributed by atoms with van der Waals surface area (Å²) in [6.07, 6.45) is 2.02. The van der Waals surface area contributed by atoms with Crippen LogP contribution in [0, 0.1) is 13.8 Å². The summed E-state index contributed by atoms with van der Waals surface area (Å²) in [6.45, 7) is 4.32. The Morgan fingerprint density at radius 2 is 0.862 bits per heavy atom. The third-order valence-corrected chi connectivity index (χ3v) is 6.43. The lowest BCUT2D eigenvalue weighted by Crippen LogP contribution is -2.31. The second-order valence-electron chi connectivity index (χ2n) is 8.50. The first-order valence-electron chi connectivity index (χ1n) is 10.5. The Morgan fingerprint density at radius 1 is 0.483 bits per heavy atom. The molecule has 0 aromatic heterocycles. The minimum atomic E-state index is -0.0439. The minimum Gasteiger partial charge on any atom is -0.0619 e. The number of hydrogen-bond acceptors (Lipinski definition) is 0. The van der Waals surface area contributed by atoms with Gasteiger partial charge in [-0.3, -0.25) is 0 Å². The van der Waals surface area contributed by atoms with Crippen molar-refractivity contribution in [2.75, 3.05) is 0 Å². The molecule has 142 valence electrons. The van der Waals surface area contributed by atoms with Crippen LogP contribution < -0.4 is 0 Å². The summed E-state index contributed by atoms with van der Waals surface area (Å²) in [4.78, 5) is 0. The van der Waals surface area contributed by atoms with Gasteiger partial charge in [0.2, 0.25) is 0 Å². The number of benzene rings is 4. The van der Waals surface area contributed by atoms with E-state index < -0.39 is 0 Å². The number of rotatable bonds is 4. The Balaban J connectivity index is 1.71. The van der Waals surface area contributed by atoms with Crippen LogP contribution in [0.2, 0.25) is 0 Å². The quantitative estimate of drug-likeness (QED) is 0.359. The van der Waals surface area contributed by atoms with Crippen molar-refractivity contribution in [2.45, 2.75) is 32.1 Å². The van der Waals surface area contributed by atoms with Gasteiger partial charge in [-0.1, -0.05) is 108 Å². The topological polar surface area (TPSA) is 0 Å². The molecular formula is C29H26. The van der Waals surface area contributed by atoms with Gasteiger partial charge in [-0.05, 0) is 60.1 Å². The molecule has 29 heavy (non-hydrogen) atoms. The second kappa shape index (κ2) is 7.04. The summed E-state index contributed by atoms with van der Waals surface area (Å²) in [5, 5.41) is 0. The third-order valence-electron chi connectivity index (χ3n) is 6.43. The van der Waals surface area contributed by atoms with Gasteiger partial charge in [-0.2, -0.15) is 0 Å². The molecule has 1 aliphatic carbocycles. The van der Waals surface area contributed by atoms with E-state index in [0.29, 0.717) is 0 Å². The predicted molar refractivity (Wildman–Crippen MR) is 122 cm³/mol. The SMILES string of the molecule is Cc1ccc(CC2(Cc3ccc(C)cc3)c3ccccc3-c3ccccc32)cc1. The van der Waals surface area contributed by atoms with E-state index in [1.165, 1.54) is 44.5 Å². The zero-order chi connectivity index (χ0) is 19.8. The maximum Gasteiger partial charge on any atom is 0.0295 e. The van der Waals surface area contributed by atoms with E-state index >= 15 is 0 Å². The number of fused-ring (bicyclic) bond motifs is 3. The molecule has 0 heteroatoms. The minimum absolute atomic E-state index is 0.0439. The molecule has 0 radical (unpaired) electrons. The molecule has 0 amide bonds. The lowest BCUT2D eigenvalue weighted by Gasteiger charge is -2.33. The van der Waals surface area contributed by atoms with Gasteiger partial charge in [0, 0.05) is 5.41 Å². The summed E-state index contributed by atoms with van der Waals surface area (Å²) < 4.78 is 0. The highest BCUT2D eigenvalue weighted by Crippen LogP contribution is 2.52. The van der Waals surface area contributed by atoms with Crippen molar-refractivity contribution >= 4 is 0 Å². The van der Waals surface area contributed by atoms with Gasteiger partial charge < -0.3 is 0 Å². The first-order chi connectivity index (χ1) is 14.2. The first kappa shape index (κ1) is 17.9. The van der Waals surface area contributed by atoms with E-state index in [0.717, 1.165) is 12.8 Å². The highest BCUT2D eigenvalue weighted by molar-refractivity contribution is 5.81. The van der Waals surface area contributed by atoms with E-state index in [4.69, 9.17) is 0 Å². The zero-order valence-electron chi connectivity index (χ0n) is 17.2. The molecule has 0 saturated carbocycles. The van der Waals surface area contributed by atoms with Gasteiger partial charge >= 0.3 is 0 Å². The fourth-order valence-electron chi connectivity index (χ4n) is 4.97. The highest BCUT2D eigenvalue weighted by Gasteiger charge is 2.42. The summed E-state index contributed by atoms with van der Waals surface area (Å²) in [6, 6.07) is 36.2. The van der Waals surface area contributed by atoms with Crippen molar-refractivity contribution in [3.63, 3.8) is 0 Å². The van der Waals surface area contributed by atoms with E-state index in [2.05, 4.69) is 111 Å². The van der Waals surface area contributed by atoms with Gasteiger partial charge in [0.05, 0.1) is 0 Å². The largest absolute Gasteiger partial charge is 0.0619 e. The molecule has 0 unspecified atom stereocenters. The van der Waals surface area contributed by atoms with Crippen molar-refractivity contribution in [1.82, 2.24) is 0 Å². The molecule has 0 fully saturated rings. The Hall–Kier alpha value is -3.12. The van der Waals surface area contributed by atoms with Gasteiger partial charge in [0.15, 0.2) is 0 Å². The van der Waals surface area contributed by atoms with Crippen molar-refractivity contribution in [2.24, 2.45) is 0 Å². The smallest absolute Gasteiger partial charge is 0.0295 e. The summed E-state index contributed by atoms with van der Waals surface area (Å²) >= 11 is 0. The zero-order valence-corrected chi connectivity index (χ0v) is 17.2. The Bertz CT molecular complexity index is 1050. The highest BCUT2D eigenvalue weighted by atomic mass is 14.4. The fourth-order valence-corrected chi connectivity index (χ4v) is 4.97. The standard InChI is InChI=1S/C29H26/c1-21-11-15-23(16-12-21)19-29(20-24-17-13-22(2)14-18-24)27-9-5-3-7-25(27)26-8-4-6-10-28(26)29/h3-18H,19-20H2,1-2H3. The van der Waals surface area contributed by atoms with Crippen LogP contribution in [-0.2, 0) is 18.3 Å². The predicted octanol–water partition coefficient (Wildman–Crippen LogP) is 7.06. The molecule has 0 spiro atoms. The lowest BCUT2D eigenvalue weighted by molar-refractivity contribution is 0.520. The number of hydrogen-bond donors (Lipinski definition) is 0. The van der Waals surface area contributed by atoms with Crippen molar-refractivity contribution in [3.8, 4) is 11.1 Å². The fraction of sp³-hybridized carbons (Fsp3) is 0.172. The van der Waals surface area contributed by atoms with E-state index in [-0.39, 0.29) is 5.41 Å². The molecule has 0 bridgehead atoms. The third kappa shape index (κ3) is 3.09. The van der Waals surface area contributed by atoms with Gasteiger partial charge in [-0.25, -0.2) is 0 Å². The van der Waals surface area contributed by atoms with Gasteiger partial charge in [-0.15, -0.1) is 0 Å². The average molecular weight is 375 g/mol. The van der Waals surface area contributed by atoms with Crippen LogP contribution in [0.5, 0.6) is 0 Å². The van der Waals surface area contributed by atoms with E-state index in [1.54, 1.807) is 0 Å². The second-order valence-corrected chi connectivity index (χ2v) is 8.50. The normalized spacial score (nSPS) is 13.7. The van der Waals surface area contributed by atoms with Crippen molar-refractivity contribution < 1.29 is 0 Å². The van der Waals surface area contributed by atoms with Crippen molar-refractivity contribution in [1.29, 1.82) is 0 Å². The number of aryl methyl sites for hydroxylation is 2. The Morgan fingerprint density at radius 3 is 1.28 bits per heavy atom. The average Bonchev–Trinajstić information content (AvgIpc) is 3.02. The molecule has 0 atom stereocenters. The molecule has 0 aliphatic heterocycles. The molecule has 4 aromatic rings. The molecule has 4 aromatic carbocycles. The molecule has 5 rings (SSSR count). The summed E-state index contributed by atoms with van der Waals surface area (Å²) in [7, 11) is 0.